The van der Waals surface area contributed by atoms with Crippen LogP contribution in [0.3, 0.4) is 0 Å². The molecule has 1 atom stereocenters. The summed E-state index contributed by atoms with van der Waals surface area (Å²) in [5.41, 5.74) is 3.94. The van der Waals surface area contributed by atoms with Gasteiger partial charge in [0.15, 0.2) is 0 Å². The van der Waals surface area contributed by atoms with E-state index in [0.29, 0.717) is 11.6 Å². The highest BCUT2D eigenvalue weighted by Gasteiger charge is 2.12. The van der Waals surface area contributed by atoms with Gasteiger partial charge in [0.05, 0.1) is 13.2 Å². The molecule has 1 aliphatic heterocycles. The number of rotatable bonds is 6. The van der Waals surface area contributed by atoms with E-state index < -0.39 is 5.91 Å². The number of nitriles is 1. The molecule has 0 bridgehead atoms. The third-order valence-corrected chi connectivity index (χ3v) is 5.30. The summed E-state index contributed by atoms with van der Waals surface area (Å²) < 4.78 is 5.38. The number of nitrogens with one attached hydrogen (secondary N) is 1. The maximum atomic E-state index is 12.5. The van der Waals surface area contributed by atoms with Gasteiger partial charge in [0.1, 0.15) is 11.6 Å². The summed E-state index contributed by atoms with van der Waals surface area (Å²) in [5, 5.41) is 12.3. The van der Waals surface area contributed by atoms with E-state index >= 15 is 0 Å². The zero-order chi connectivity index (χ0) is 20.6. The fraction of sp³-hybridized carbons (Fsp3) is 0.333. The summed E-state index contributed by atoms with van der Waals surface area (Å²) in [6.45, 7) is 7.54. The highest BCUT2D eigenvalue weighted by molar-refractivity contribution is 6.09. The minimum atomic E-state index is -0.402. The van der Waals surface area contributed by atoms with E-state index in [2.05, 4.69) is 24.1 Å². The molecule has 1 N–H and O–H groups in total. The lowest BCUT2D eigenvalue weighted by atomic mass is 9.98. The maximum Gasteiger partial charge on any atom is 0.266 e. The van der Waals surface area contributed by atoms with Gasteiger partial charge in [-0.1, -0.05) is 38.1 Å². The standard InChI is InChI=1S/C24H27N3O2/c1-3-18(2)20-6-8-22(9-7-20)26-24(28)21(17-25)16-19-4-10-23(11-5-19)27-12-14-29-15-13-27/h4-11,16,18H,3,12-15H2,1-2H3,(H,26,28)/b21-16+/t18-/m0/s1. The van der Waals surface area contributed by atoms with Crippen molar-refractivity contribution in [2.75, 3.05) is 36.5 Å². The molecule has 5 nitrogen and oxygen atoms in total. The second-order valence-corrected chi connectivity index (χ2v) is 7.25. The maximum absolute atomic E-state index is 12.5. The van der Waals surface area contributed by atoms with Crippen LogP contribution in [0.1, 0.15) is 37.3 Å². The molecule has 1 aliphatic rings. The van der Waals surface area contributed by atoms with E-state index in [0.717, 1.165) is 44.0 Å². The Hall–Kier alpha value is -3.10. The Balaban J connectivity index is 1.67. The van der Waals surface area contributed by atoms with Crippen LogP contribution in [0.15, 0.2) is 54.1 Å². The highest BCUT2D eigenvalue weighted by Crippen LogP contribution is 2.21. The smallest absolute Gasteiger partial charge is 0.266 e. The largest absolute Gasteiger partial charge is 0.378 e. The number of hydrogen-bond acceptors (Lipinski definition) is 4. The SMILES string of the molecule is CC[C@H](C)c1ccc(NC(=O)/C(C#N)=C/c2ccc(N3CCOCC3)cc2)cc1. The van der Waals surface area contributed by atoms with Crippen molar-refractivity contribution in [3.63, 3.8) is 0 Å². The zero-order valence-corrected chi connectivity index (χ0v) is 17.0. The van der Waals surface area contributed by atoms with Crippen LogP contribution in [-0.4, -0.2) is 32.2 Å². The number of carbonyl (C=O) groups excluding carboxylic acids is 1. The first kappa shape index (κ1) is 20.6. The predicted molar refractivity (Wildman–Crippen MR) is 117 cm³/mol. The number of ether oxygens (including phenoxy) is 1. The highest BCUT2D eigenvalue weighted by atomic mass is 16.5. The Kier molecular flexibility index (Phi) is 7.04. The van der Waals surface area contributed by atoms with Gasteiger partial charge in [0.25, 0.3) is 5.91 Å². The number of carbonyl (C=O) groups is 1. The third kappa shape index (κ3) is 5.46. The molecule has 0 unspecified atom stereocenters. The van der Waals surface area contributed by atoms with E-state index in [1.807, 2.05) is 54.6 Å². The lowest BCUT2D eigenvalue weighted by molar-refractivity contribution is -0.112. The molecule has 2 aromatic rings. The van der Waals surface area contributed by atoms with Crippen LogP contribution in [0, 0.1) is 11.3 Å². The van der Waals surface area contributed by atoms with Crippen molar-refractivity contribution in [1.82, 2.24) is 0 Å². The summed E-state index contributed by atoms with van der Waals surface area (Å²) in [6, 6.07) is 17.7. The van der Waals surface area contributed by atoms with Gasteiger partial charge in [-0.05, 0) is 53.8 Å². The van der Waals surface area contributed by atoms with Crippen molar-refractivity contribution < 1.29 is 9.53 Å². The normalized spacial score (nSPS) is 15.5. The first-order valence-electron chi connectivity index (χ1n) is 10.1. The topological polar surface area (TPSA) is 65.4 Å². The third-order valence-electron chi connectivity index (χ3n) is 5.30. The van der Waals surface area contributed by atoms with Gasteiger partial charge in [-0.25, -0.2) is 0 Å². The zero-order valence-electron chi connectivity index (χ0n) is 17.0. The lowest BCUT2D eigenvalue weighted by Gasteiger charge is -2.28. The van der Waals surface area contributed by atoms with Crippen LogP contribution in [0.25, 0.3) is 6.08 Å². The minimum Gasteiger partial charge on any atom is -0.378 e. The van der Waals surface area contributed by atoms with Gasteiger partial charge in [-0.2, -0.15) is 5.26 Å². The molecule has 3 rings (SSSR count). The first-order valence-corrected chi connectivity index (χ1v) is 10.1. The fourth-order valence-corrected chi connectivity index (χ4v) is 3.25. The van der Waals surface area contributed by atoms with Gasteiger partial charge < -0.3 is 15.0 Å². The first-order chi connectivity index (χ1) is 14.1. The quantitative estimate of drug-likeness (QED) is 0.580. The summed E-state index contributed by atoms with van der Waals surface area (Å²) in [5.74, 6) is 0.0794. The molecule has 1 amide bonds. The van der Waals surface area contributed by atoms with E-state index in [1.165, 1.54) is 5.56 Å². The van der Waals surface area contributed by atoms with Gasteiger partial charge >= 0.3 is 0 Å². The molecule has 0 aromatic heterocycles. The summed E-state index contributed by atoms with van der Waals surface area (Å²) in [4.78, 5) is 14.8. The van der Waals surface area contributed by atoms with Gasteiger partial charge in [-0.15, -0.1) is 0 Å². The second kappa shape index (κ2) is 9.90. The van der Waals surface area contributed by atoms with Crippen LogP contribution < -0.4 is 10.2 Å². The van der Waals surface area contributed by atoms with Gasteiger partial charge in [0, 0.05) is 24.5 Å². The van der Waals surface area contributed by atoms with Crippen molar-refractivity contribution in [1.29, 1.82) is 5.26 Å². The predicted octanol–water partition coefficient (Wildman–Crippen LogP) is 4.58. The fourth-order valence-electron chi connectivity index (χ4n) is 3.25. The van der Waals surface area contributed by atoms with E-state index in [-0.39, 0.29) is 5.57 Å². The van der Waals surface area contributed by atoms with Crippen molar-refractivity contribution >= 4 is 23.4 Å². The van der Waals surface area contributed by atoms with Crippen molar-refractivity contribution in [2.45, 2.75) is 26.2 Å². The number of benzene rings is 2. The molecule has 1 fully saturated rings. The summed E-state index contributed by atoms with van der Waals surface area (Å²) in [6.07, 6.45) is 2.68. The average molecular weight is 389 g/mol. The molecule has 5 heteroatoms. The Labute approximate surface area is 172 Å². The summed E-state index contributed by atoms with van der Waals surface area (Å²) >= 11 is 0. The Bertz CT molecular complexity index is 889. The molecule has 2 aromatic carbocycles. The number of amides is 1. The van der Waals surface area contributed by atoms with Crippen LogP contribution >= 0.6 is 0 Å². The Morgan fingerprint density at radius 3 is 2.41 bits per heavy atom. The van der Waals surface area contributed by atoms with Gasteiger partial charge in [-0.3, -0.25) is 4.79 Å². The number of nitrogens with zero attached hydrogens (tertiary/aromatic N) is 2. The Morgan fingerprint density at radius 2 is 1.83 bits per heavy atom. The number of morpholine rings is 1. The molecule has 0 radical (unpaired) electrons. The number of anilines is 2. The van der Waals surface area contributed by atoms with E-state index in [4.69, 9.17) is 4.74 Å². The molecule has 1 heterocycles. The van der Waals surface area contributed by atoms with Crippen molar-refractivity contribution in [2.24, 2.45) is 0 Å². The Morgan fingerprint density at radius 1 is 1.17 bits per heavy atom. The molecule has 29 heavy (non-hydrogen) atoms. The van der Waals surface area contributed by atoms with Crippen LogP contribution in [0.4, 0.5) is 11.4 Å². The van der Waals surface area contributed by atoms with Crippen molar-refractivity contribution in [3.8, 4) is 6.07 Å². The monoisotopic (exact) mass is 389 g/mol. The minimum absolute atomic E-state index is 0.0788. The molecular formula is C24H27N3O2. The van der Waals surface area contributed by atoms with Crippen LogP contribution in [0.2, 0.25) is 0 Å². The second-order valence-electron chi connectivity index (χ2n) is 7.25. The molecule has 0 aliphatic carbocycles. The van der Waals surface area contributed by atoms with Crippen molar-refractivity contribution in [3.05, 3.63) is 65.2 Å². The molecule has 0 saturated carbocycles. The van der Waals surface area contributed by atoms with Gasteiger partial charge in [0.2, 0.25) is 0 Å². The van der Waals surface area contributed by atoms with Crippen LogP contribution in [0.5, 0.6) is 0 Å². The number of hydrogen-bond donors (Lipinski definition) is 1. The van der Waals surface area contributed by atoms with E-state index in [9.17, 15) is 10.1 Å². The molecule has 0 spiro atoms. The average Bonchev–Trinajstić information content (AvgIpc) is 2.78. The van der Waals surface area contributed by atoms with E-state index in [1.54, 1.807) is 6.08 Å². The molecule has 150 valence electrons. The molecule has 1 saturated heterocycles. The summed E-state index contributed by atoms with van der Waals surface area (Å²) in [7, 11) is 0. The lowest BCUT2D eigenvalue weighted by Crippen LogP contribution is -2.36. The molecular weight excluding hydrogens is 362 g/mol. The van der Waals surface area contributed by atoms with Crippen LogP contribution in [-0.2, 0) is 9.53 Å².